The van der Waals surface area contributed by atoms with Crippen molar-refractivity contribution in [3.8, 4) is 0 Å². The van der Waals surface area contributed by atoms with Crippen molar-refractivity contribution in [3.05, 3.63) is 58.5 Å². The highest BCUT2D eigenvalue weighted by Gasteiger charge is 2.39. The third kappa shape index (κ3) is 3.39. The van der Waals surface area contributed by atoms with Crippen molar-refractivity contribution in [1.82, 2.24) is 10.2 Å². The van der Waals surface area contributed by atoms with E-state index in [2.05, 4.69) is 5.32 Å². The fourth-order valence-corrected chi connectivity index (χ4v) is 3.23. The quantitative estimate of drug-likeness (QED) is 0.914. The van der Waals surface area contributed by atoms with Crippen LogP contribution in [-0.2, 0) is 6.18 Å². The lowest BCUT2D eigenvalue weighted by atomic mass is 9.96. The van der Waals surface area contributed by atoms with Gasteiger partial charge in [-0.15, -0.1) is 0 Å². The highest BCUT2D eigenvalue weighted by molar-refractivity contribution is 6.31. The van der Waals surface area contributed by atoms with Gasteiger partial charge in [0.1, 0.15) is 5.76 Å². The Morgan fingerprint density at radius 2 is 1.87 bits per heavy atom. The molecule has 3 rings (SSSR count). The van der Waals surface area contributed by atoms with Crippen molar-refractivity contribution >= 4 is 11.6 Å². The first kappa shape index (κ1) is 16.4. The lowest BCUT2D eigenvalue weighted by molar-refractivity contribution is -0.138. The number of hydrogen-bond donors (Lipinski definition) is 1. The molecule has 1 N–H and O–H groups in total. The SMILES string of the molecule is FC(F)(F)c1cccc(Cl)c1[C@@H](c1ccco1)N1CCNCC1. The molecule has 1 fully saturated rings. The molecule has 0 aliphatic carbocycles. The first-order chi connectivity index (χ1) is 11.0. The monoisotopic (exact) mass is 344 g/mol. The maximum Gasteiger partial charge on any atom is 0.416 e. The van der Waals surface area contributed by atoms with Crippen LogP contribution in [0.4, 0.5) is 13.2 Å². The Hall–Kier alpha value is -1.50. The Morgan fingerprint density at radius 3 is 2.48 bits per heavy atom. The van der Waals surface area contributed by atoms with E-state index in [-0.39, 0.29) is 10.6 Å². The minimum atomic E-state index is -4.47. The molecule has 1 aromatic heterocycles. The van der Waals surface area contributed by atoms with Crippen LogP contribution in [-0.4, -0.2) is 31.1 Å². The number of hydrogen-bond acceptors (Lipinski definition) is 3. The van der Waals surface area contributed by atoms with Crippen LogP contribution in [0, 0.1) is 0 Å². The molecule has 2 heterocycles. The van der Waals surface area contributed by atoms with Crippen LogP contribution in [0.15, 0.2) is 41.0 Å². The van der Waals surface area contributed by atoms with E-state index in [0.717, 1.165) is 6.07 Å². The van der Waals surface area contributed by atoms with Gasteiger partial charge in [0.25, 0.3) is 0 Å². The standard InChI is InChI=1S/C16H16ClF3N2O/c17-12-4-1-3-11(16(18,19)20)14(12)15(13-5-2-10-23-13)22-8-6-21-7-9-22/h1-5,10,15,21H,6-9H2/t15-/m1/s1. The lowest BCUT2D eigenvalue weighted by Crippen LogP contribution is -2.45. The second-order valence-electron chi connectivity index (χ2n) is 5.40. The molecule has 1 aromatic carbocycles. The highest BCUT2D eigenvalue weighted by atomic mass is 35.5. The summed E-state index contributed by atoms with van der Waals surface area (Å²) in [6.07, 6.45) is -3.01. The topological polar surface area (TPSA) is 28.4 Å². The first-order valence-electron chi connectivity index (χ1n) is 7.32. The zero-order chi connectivity index (χ0) is 16.4. The lowest BCUT2D eigenvalue weighted by Gasteiger charge is -2.35. The van der Waals surface area contributed by atoms with Gasteiger partial charge in [-0.1, -0.05) is 17.7 Å². The molecule has 0 saturated carbocycles. The van der Waals surface area contributed by atoms with Gasteiger partial charge in [0.2, 0.25) is 0 Å². The molecular weight excluding hydrogens is 329 g/mol. The van der Waals surface area contributed by atoms with Crippen LogP contribution in [0.3, 0.4) is 0 Å². The van der Waals surface area contributed by atoms with E-state index in [9.17, 15) is 13.2 Å². The number of nitrogens with one attached hydrogen (secondary N) is 1. The van der Waals surface area contributed by atoms with Crippen LogP contribution >= 0.6 is 11.6 Å². The van der Waals surface area contributed by atoms with E-state index < -0.39 is 17.8 Å². The van der Waals surface area contributed by atoms with E-state index in [4.69, 9.17) is 16.0 Å². The van der Waals surface area contributed by atoms with Gasteiger partial charge >= 0.3 is 6.18 Å². The number of piperazine rings is 1. The molecule has 1 saturated heterocycles. The van der Waals surface area contributed by atoms with E-state index in [1.54, 1.807) is 12.1 Å². The molecule has 0 spiro atoms. The zero-order valence-electron chi connectivity index (χ0n) is 12.2. The van der Waals surface area contributed by atoms with E-state index >= 15 is 0 Å². The van der Waals surface area contributed by atoms with Gasteiger partial charge in [0, 0.05) is 36.8 Å². The Labute approximate surface area is 137 Å². The second kappa shape index (κ2) is 6.55. The smallest absolute Gasteiger partial charge is 0.416 e. The molecule has 1 aliphatic rings. The maximum absolute atomic E-state index is 13.5. The molecule has 1 aliphatic heterocycles. The number of nitrogens with zero attached hydrogens (tertiary/aromatic N) is 1. The van der Waals surface area contributed by atoms with E-state index in [0.29, 0.717) is 31.9 Å². The summed E-state index contributed by atoms with van der Waals surface area (Å²) in [6, 6.07) is 6.59. The van der Waals surface area contributed by atoms with Gasteiger partial charge in [-0.25, -0.2) is 0 Å². The molecule has 0 unspecified atom stereocenters. The Bertz CT molecular complexity index is 652. The molecule has 0 radical (unpaired) electrons. The molecule has 23 heavy (non-hydrogen) atoms. The average Bonchev–Trinajstić information content (AvgIpc) is 3.03. The van der Waals surface area contributed by atoms with Crippen LogP contribution < -0.4 is 5.32 Å². The molecule has 0 amide bonds. The minimum Gasteiger partial charge on any atom is -0.467 e. The van der Waals surface area contributed by atoms with Crippen molar-refractivity contribution in [2.75, 3.05) is 26.2 Å². The Balaban J connectivity index is 2.14. The summed E-state index contributed by atoms with van der Waals surface area (Å²) in [5.74, 6) is 0.463. The van der Waals surface area contributed by atoms with Gasteiger partial charge in [0.15, 0.2) is 0 Å². The van der Waals surface area contributed by atoms with E-state index in [1.165, 1.54) is 18.4 Å². The van der Waals surface area contributed by atoms with Gasteiger partial charge in [0.05, 0.1) is 17.9 Å². The van der Waals surface area contributed by atoms with Crippen LogP contribution in [0.1, 0.15) is 22.9 Å². The van der Waals surface area contributed by atoms with Crippen LogP contribution in [0.5, 0.6) is 0 Å². The van der Waals surface area contributed by atoms with Crippen molar-refractivity contribution in [2.24, 2.45) is 0 Å². The summed E-state index contributed by atoms with van der Waals surface area (Å²) in [7, 11) is 0. The van der Waals surface area contributed by atoms with Gasteiger partial charge in [-0.3, -0.25) is 4.90 Å². The average molecular weight is 345 g/mol. The fourth-order valence-electron chi connectivity index (χ4n) is 2.95. The van der Waals surface area contributed by atoms with Gasteiger partial charge in [-0.05, 0) is 24.3 Å². The molecule has 3 nitrogen and oxygen atoms in total. The third-order valence-corrected chi connectivity index (χ3v) is 4.29. The van der Waals surface area contributed by atoms with Crippen LogP contribution in [0.25, 0.3) is 0 Å². The molecule has 0 bridgehead atoms. The van der Waals surface area contributed by atoms with Gasteiger partial charge < -0.3 is 9.73 Å². The molecular formula is C16H16ClF3N2O. The summed E-state index contributed by atoms with van der Waals surface area (Å²) in [5.41, 5.74) is -0.663. The third-order valence-electron chi connectivity index (χ3n) is 3.96. The predicted octanol–water partition coefficient (Wildman–Crippen LogP) is 3.95. The largest absolute Gasteiger partial charge is 0.467 e. The summed E-state index contributed by atoms with van der Waals surface area (Å²) >= 11 is 6.18. The van der Waals surface area contributed by atoms with Crippen molar-refractivity contribution in [2.45, 2.75) is 12.2 Å². The zero-order valence-corrected chi connectivity index (χ0v) is 13.0. The Kier molecular flexibility index (Phi) is 4.66. The summed E-state index contributed by atoms with van der Waals surface area (Å²) in [4.78, 5) is 1.96. The molecule has 7 heteroatoms. The number of halogens is 4. The number of alkyl halides is 3. The maximum atomic E-state index is 13.5. The number of benzene rings is 1. The summed E-state index contributed by atoms with van der Waals surface area (Å²) in [5, 5.41) is 3.30. The summed E-state index contributed by atoms with van der Waals surface area (Å²) in [6.45, 7) is 2.66. The minimum absolute atomic E-state index is 0.0542. The summed E-state index contributed by atoms with van der Waals surface area (Å²) < 4.78 is 45.9. The van der Waals surface area contributed by atoms with E-state index in [1.807, 2.05) is 4.90 Å². The molecule has 124 valence electrons. The van der Waals surface area contributed by atoms with Crippen molar-refractivity contribution < 1.29 is 17.6 Å². The van der Waals surface area contributed by atoms with Crippen molar-refractivity contribution in [1.29, 1.82) is 0 Å². The second-order valence-corrected chi connectivity index (χ2v) is 5.81. The van der Waals surface area contributed by atoms with Gasteiger partial charge in [-0.2, -0.15) is 13.2 Å². The van der Waals surface area contributed by atoms with Crippen LogP contribution in [0.2, 0.25) is 5.02 Å². The predicted molar refractivity (Wildman–Crippen MR) is 81.4 cm³/mol. The number of furan rings is 1. The fraction of sp³-hybridized carbons (Fsp3) is 0.375. The molecule has 1 atom stereocenters. The Morgan fingerprint density at radius 1 is 1.13 bits per heavy atom. The number of rotatable bonds is 3. The first-order valence-corrected chi connectivity index (χ1v) is 7.70. The van der Waals surface area contributed by atoms with Crippen molar-refractivity contribution in [3.63, 3.8) is 0 Å². The highest BCUT2D eigenvalue weighted by Crippen LogP contribution is 2.42. The normalized spacial score (nSPS) is 18.1. The molecule has 2 aromatic rings.